The van der Waals surface area contributed by atoms with Gasteiger partial charge in [-0.05, 0) is 37.1 Å². The molecule has 1 aliphatic rings. The summed E-state index contributed by atoms with van der Waals surface area (Å²) < 4.78 is 2.02. The summed E-state index contributed by atoms with van der Waals surface area (Å²) in [4.78, 5) is 7.10. The number of guanidine groups is 1. The fourth-order valence-corrected chi connectivity index (χ4v) is 3.28. The number of para-hydroxylation sites is 1. The van der Waals surface area contributed by atoms with Crippen molar-refractivity contribution in [1.29, 1.82) is 0 Å². The molecule has 6 nitrogen and oxygen atoms in total. The molecule has 0 saturated heterocycles. The van der Waals surface area contributed by atoms with E-state index in [1.807, 2.05) is 28.8 Å². The normalized spacial score (nSPS) is 14.1. The molecular formula is C19H22N6. The monoisotopic (exact) mass is 334 g/mol. The Hall–Kier alpha value is -2.89. The van der Waals surface area contributed by atoms with Crippen LogP contribution in [0.3, 0.4) is 0 Å². The zero-order chi connectivity index (χ0) is 17.1. The van der Waals surface area contributed by atoms with Gasteiger partial charge in [0.1, 0.15) is 5.82 Å². The maximum Gasteiger partial charge on any atom is 0.198 e. The molecular weight excluding hydrogens is 312 g/mol. The van der Waals surface area contributed by atoms with E-state index in [2.05, 4.69) is 51.6 Å². The van der Waals surface area contributed by atoms with Gasteiger partial charge in [0.05, 0.1) is 0 Å². The highest BCUT2D eigenvalue weighted by atomic mass is 15.3. The standard InChI is InChI=1S/C19H22N6/c1-2-20-19(24-14-11-15-7-3-4-8-16(15)24)21-12-10-18-23-22-17-9-5-6-13-25(17)18/h3-9,13H,2,10-12,14H2,1H3,(H,20,21). The molecule has 0 amide bonds. The predicted molar refractivity (Wildman–Crippen MR) is 100 cm³/mol. The molecule has 128 valence electrons. The van der Waals surface area contributed by atoms with Gasteiger partial charge in [-0.25, -0.2) is 0 Å². The number of rotatable bonds is 4. The Balaban J connectivity index is 1.51. The molecule has 0 unspecified atom stereocenters. The van der Waals surface area contributed by atoms with Gasteiger partial charge in [-0.3, -0.25) is 9.39 Å². The number of fused-ring (bicyclic) bond motifs is 2. The number of hydrogen-bond acceptors (Lipinski definition) is 3. The van der Waals surface area contributed by atoms with Crippen LogP contribution in [0.4, 0.5) is 5.69 Å². The number of aliphatic imine (C=N–C) groups is 1. The van der Waals surface area contributed by atoms with Crippen LogP contribution in [0.15, 0.2) is 53.7 Å². The van der Waals surface area contributed by atoms with Gasteiger partial charge in [-0.1, -0.05) is 24.3 Å². The van der Waals surface area contributed by atoms with Crippen molar-refractivity contribution >= 4 is 17.3 Å². The van der Waals surface area contributed by atoms with E-state index in [0.29, 0.717) is 6.54 Å². The molecule has 0 atom stereocenters. The van der Waals surface area contributed by atoms with Crippen LogP contribution >= 0.6 is 0 Å². The Morgan fingerprint density at radius 2 is 2.04 bits per heavy atom. The summed E-state index contributed by atoms with van der Waals surface area (Å²) in [6.45, 7) is 4.60. The van der Waals surface area contributed by atoms with Gasteiger partial charge in [-0.2, -0.15) is 0 Å². The van der Waals surface area contributed by atoms with Crippen molar-refractivity contribution < 1.29 is 0 Å². The first-order chi connectivity index (χ1) is 12.4. The Labute approximate surface area is 147 Å². The first-order valence-corrected chi connectivity index (χ1v) is 8.79. The third-order valence-electron chi connectivity index (χ3n) is 4.46. The molecule has 1 aliphatic heterocycles. The smallest absolute Gasteiger partial charge is 0.198 e. The molecule has 3 aromatic rings. The molecule has 0 radical (unpaired) electrons. The van der Waals surface area contributed by atoms with E-state index in [4.69, 9.17) is 4.99 Å². The summed E-state index contributed by atoms with van der Waals surface area (Å²) >= 11 is 0. The Morgan fingerprint density at radius 3 is 2.96 bits per heavy atom. The van der Waals surface area contributed by atoms with Crippen molar-refractivity contribution in [2.45, 2.75) is 19.8 Å². The summed E-state index contributed by atoms with van der Waals surface area (Å²) in [6, 6.07) is 14.5. The van der Waals surface area contributed by atoms with E-state index < -0.39 is 0 Å². The van der Waals surface area contributed by atoms with Crippen molar-refractivity contribution in [2.24, 2.45) is 4.99 Å². The number of hydrogen-bond donors (Lipinski definition) is 1. The van der Waals surface area contributed by atoms with Crippen LogP contribution in [-0.4, -0.2) is 40.2 Å². The third-order valence-corrected chi connectivity index (χ3v) is 4.46. The first-order valence-electron chi connectivity index (χ1n) is 8.79. The maximum atomic E-state index is 4.83. The van der Waals surface area contributed by atoms with Crippen LogP contribution in [0.5, 0.6) is 0 Å². The van der Waals surface area contributed by atoms with Crippen LogP contribution in [0, 0.1) is 0 Å². The molecule has 0 spiro atoms. The van der Waals surface area contributed by atoms with Crippen LogP contribution in [0.2, 0.25) is 0 Å². The Kier molecular flexibility index (Phi) is 4.33. The number of benzene rings is 1. The molecule has 25 heavy (non-hydrogen) atoms. The summed E-state index contributed by atoms with van der Waals surface area (Å²) in [5, 5.41) is 11.9. The minimum absolute atomic E-state index is 0.677. The summed E-state index contributed by atoms with van der Waals surface area (Å²) in [7, 11) is 0. The lowest BCUT2D eigenvalue weighted by Crippen LogP contribution is -2.40. The zero-order valence-corrected chi connectivity index (χ0v) is 14.4. The number of nitrogens with zero attached hydrogens (tertiary/aromatic N) is 5. The maximum absolute atomic E-state index is 4.83. The highest BCUT2D eigenvalue weighted by Gasteiger charge is 2.22. The molecule has 1 aromatic carbocycles. The number of nitrogens with one attached hydrogen (secondary N) is 1. The molecule has 3 heterocycles. The zero-order valence-electron chi connectivity index (χ0n) is 14.4. The van der Waals surface area contributed by atoms with Gasteiger partial charge in [-0.15, -0.1) is 10.2 Å². The van der Waals surface area contributed by atoms with Crippen molar-refractivity contribution in [1.82, 2.24) is 19.9 Å². The largest absolute Gasteiger partial charge is 0.356 e. The molecule has 4 rings (SSSR count). The molecule has 1 N–H and O–H groups in total. The van der Waals surface area contributed by atoms with Crippen molar-refractivity contribution in [3.05, 3.63) is 60.0 Å². The van der Waals surface area contributed by atoms with Gasteiger partial charge in [0.25, 0.3) is 0 Å². The number of anilines is 1. The topological polar surface area (TPSA) is 57.8 Å². The van der Waals surface area contributed by atoms with E-state index in [9.17, 15) is 0 Å². The minimum Gasteiger partial charge on any atom is -0.356 e. The van der Waals surface area contributed by atoms with Gasteiger partial charge < -0.3 is 10.2 Å². The van der Waals surface area contributed by atoms with Crippen LogP contribution in [0.1, 0.15) is 18.3 Å². The SMILES string of the molecule is CCNC(=NCCc1nnc2ccccn12)N1CCc2ccccc21. The van der Waals surface area contributed by atoms with E-state index in [1.54, 1.807) is 0 Å². The fraction of sp³-hybridized carbons (Fsp3) is 0.316. The van der Waals surface area contributed by atoms with Gasteiger partial charge in [0.15, 0.2) is 11.6 Å². The van der Waals surface area contributed by atoms with E-state index in [-0.39, 0.29) is 0 Å². The number of pyridine rings is 1. The predicted octanol–water partition coefficient (Wildman–Crippen LogP) is 2.30. The van der Waals surface area contributed by atoms with Gasteiger partial charge >= 0.3 is 0 Å². The van der Waals surface area contributed by atoms with Crippen molar-refractivity contribution in [2.75, 3.05) is 24.5 Å². The molecule has 0 aliphatic carbocycles. The Bertz CT molecular complexity index is 898. The molecule has 0 saturated carbocycles. The van der Waals surface area contributed by atoms with Crippen LogP contribution in [-0.2, 0) is 12.8 Å². The molecule has 0 bridgehead atoms. The van der Waals surface area contributed by atoms with Crippen LogP contribution in [0.25, 0.3) is 5.65 Å². The quantitative estimate of drug-likeness (QED) is 0.587. The third kappa shape index (κ3) is 3.07. The molecule has 2 aromatic heterocycles. The van der Waals surface area contributed by atoms with Crippen molar-refractivity contribution in [3.63, 3.8) is 0 Å². The molecule has 6 heteroatoms. The minimum atomic E-state index is 0.677. The fourth-order valence-electron chi connectivity index (χ4n) is 3.28. The molecule has 0 fully saturated rings. The van der Waals surface area contributed by atoms with Crippen molar-refractivity contribution in [3.8, 4) is 0 Å². The van der Waals surface area contributed by atoms with E-state index in [0.717, 1.165) is 43.4 Å². The number of aromatic nitrogens is 3. The van der Waals surface area contributed by atoms with Gasteiger partial charge in [0.2, 0.25) is 0 Å². The lowest BCUT2D eigenvalue weighted by Gasteiger charge is -2.22. The lowest BCUT2D eigenvalue weighted by atomic mass is 10.2. The van der Waals surface area contributed by atoms with Crippen LogP contribution < -0.4 is 10.2 Å². The average Bonchev–Trinajstić information content (AvgIpc) is 3.25. The van der Waals surface area contributed by atoms with E-state index >= 15 is 0 Å². The Morgan fingerprint density at radius 1 is 1.16 bits per heavy atom. The first kappa shape index (κ1) is 15.6. The second-order valence-electron chi connectivity index (χ2n) is 6.06. The second kappa shape index (κ2) is 6.93. The average molecular weight is 334 g/mol. The summed E-state index contributed by atoms with van der Waals surface area (Å²) in [5.41, 5.74) is 3.52. The highest BCUT2D eigenvalue weighted by molar-refractivity contribution is 5.97. The highest BCUT2D eigenvalue weighted by Crippen LogP contribution is 2.27. The summed E-state index contributed by atoms with van der Waals surface area (Å²) in [6.07, 6.45) is 3.82. The second-order valence-corrected chi connectivity index (χ2v) is 6.06. The van der Waals surface area contributed by atoms with Gasteiger partial charge in [0, 0.05) is 37.9 Å². The summed E-state index contributed by atoms with van der Waals surface area (Å²) in [5.74, 6) is 1.89. The lowest BCUT2D eigenvalue weighted by molar-refractivity contribution is 0.826. The van der Waals surface area contributed by atoms with E-state index in [1.165, 1.54) is 11.3 Å².